The maximum absolute atomic E-state index is 11.8. The van der Waals surface area contributed by atoms with Crippen LogP contribution < -0.4 is 5.32 Å². The standard InChI is InChI=1S/C11H20N4O2/c1-9(7-14-5-3-12-4-6-14)15-10(16)8-13(2)11(15)17/h9,12H,3-8H2,1-2H3. The van der Waals surface area contributed by atoms with Crippen LogP contribution in [0.15, 0.2) is 0 Å². The van der Waals surface area contributed by atoms with Crippen molar-refractivity contribution in [2.75, 3.05) is 46.3 Å². The number of carbonyl (C=O) groups excluding carboxylic acids is 2. The molecule has 1 atom stereocenters. The van der Waals surface area contributed by atoms with Gasteiger partial charge in [0.05, 0.1) is 6.04 Å². The molecule has 6 nitrogen and oxygen atoms in total. The maximum atomic E-state index is 11.8. The number of hydrogen-bond donors (Lipinski definition) is 1. The van der Waals surface area contributed by atoms with E-state index in [4.69, 9.17) is 0 Å². The van der Waals surface area contributed by atoms with E-state index in [0.29, 0.717) is 0 Å². The third kappa shape index (κ3) is 2.58. The molecule has 0 aromatic heterocycles. The molecule has 0 bridgehead atoms. The molecule has 0 radical (unpaired) electrons. The SMILES string of the molecule is CC(CN1CCNCC1)N1C(=O)CN(C)C1=O. The van der Waals surface area contributed by atoms with Crippen molar-refractivity contribution < 1.29 is 9.59 Å². The fraction of sp³-hybridized carbons (Fsp3) is 0.818. The van der Waals surface area contributed by atoms with E-state index in [2.05, 4.69) is 10.2 Å². The lowest BCUT2D eigenvalue weighted by molar-refractivity contribution is -0.126. The van der Waals surface area contributed by atoms with Gasteiger partial charge in [-0.3, -0.25) is 14.6 Å². The van der Waals surface area contributed by atoms with E-state index in [9.17, 15) is 9.59 Å². The Hall–Kier alpha value is -1.14. The molecule has 1 N–H and O–H groups in total. The highest BCUT2D eigenvalue weighted by Gasteiger charge is 2.37. The van der Waals surface area contributed by atoms with Gasteiger partial charge in [0.15, 0.2) is 0 Å². The zero-order chi connectivity index (χ0) is 12.4. The Kier molecular flexibility index (Phi) is 3.63. The number of rotatable bonds is 3. The summed E-state index contributed by atoms with van der Waals surface area (Å²) in [6.45, 7) is 6.85. The predicted octanol–water partition coefficient (Wildman–Crippen LogP) is -0.826. The molecule has 0 spiro atoms. The summed E-state index contributed by atoms with van der Waals surface area (Å²) in [7, 11) is 1.66. The zero-order valence-electron chi connectivity index (χ0n) is 10.5. The molecule has 2 fully saturated rings. The van der Waals surface area contributed by atoms with Crippen LogP contribution in [0.4, 0.5) is 4.79 Å². The first-order valence-electron chi connectivity index (χ1n) is 6.10. The highest BCUT2D eigenvalue weighted by molar-refractivity contribution is 6.02. The van der Waals surface area contributed by atoms with E-state index in [0.717, 1.165) is 32.7 Å². The molecule has 2 aliphatic heterocycles. The summed E-state index contributed by atoms with van der Waals surface area (Å²) in [5, 5.41) is 3.28. The minimum absolute atomic E-state index is 0.0435. The van der Waals surface area contributed by atoms with Crippen molar-refractivity contribution in [3.05, 3.63) is 0 Å². The molecule has 2 rings (SSSR count). The Morgan fingerprint density at radius 2 is 1.94 bits per heavy atom. The van der Waals surface area contributed by atoms with Crippen molar-refractivity contribution in [3.63, 3.8) is 0 Å². The molecule has 0 aromatic rings. The molecule has 0 aromatic carbocycles. The predicted molar refractivity (Wildman–Crippen MR) is 63.6 cm³/mol. The number of nitrogens with one attached hydrogen (secondary N) is 1. The Morgan fingerprint density at radius 3 is 2.47 bits per heavy atom. The van der Waals surface area contributed by atoms with Gasteiger partial charge in [-0.25, -0.2) is 4.79 Å². The smallest absolute Gasteiger partial charge is 0.318 e. The lowest BCUT2D eigenvalue weighted by atomic mass is 10.2. The molecule has 2 saturated heterocycles. The fourth-order valence-electron chi connectivity index (χ4n) is 2.42. The van der Waals surface area contributed by atoms with Gasteiger partial charge in [0.25, 0.3) is 5.91 Å². The van der Waals surface area contributed by atoms with Gasteiger partial charge in [-0.2, -0.15) is 0 Å². The van der Waals surface area contributed by atoms with Crippen LogP contribution in [0.2, 0.25) is 0 Å². The second kappa shape index (κ2) is 5.01. The van der Waals surface area contributed by atoms with Crippen molar-refractivity contribution in [3.8, 4) is 0 Å². The van der Waals surface area contributed by atoms with Gasteiger partial charge in [-0.15, -0.1) is 0 Å². The number of likely N-dealkylation sites (N-methyl/N-ethyl adjacent to an activating group) is 1. The van der Waals surface area contributed by atoms with Crippen molar-refractivity contribution in [1.29, 1.82) is 0 Å². The van der Waals surface area contributed by atoms with Gasteiger partial charge < -0.3 is 10.2 Å². The molecule has 96 valence electrons. The normalized spacial score (nSPS) is 24.6. The number of imide groups is 1. The molecule has 1 unspecified atom stereocenters. The highest BCUT2D eigenvalue weighted by Crippen LogP contribution is 2.13. The number of carbonyl (C=O) groups is 2. The average molecular weight is 240 g/mol. The summed E-state index contributed by atoms with van der Waals surface area (Å²) in [6.07, 6.45) is 0. The number of amides is 3. The van der Waals surface area contributed by atoms with Gasteiger partial charge in [-0.05, 0) is 6.92 Å². The molecule has 6 heteroatoms. The van der Waals surface area contributed by atoms with E-state index in [1.54, 1.807) is 7.05 Å². The minimum atomic E-state index is -0.169. The van der Waals surface area contributed by atoms with E-state index >= 15 is 0 Å². The zero-order valence-corrected chi connectivity index (χ0v) is 10.5. The Bertz CT molecular complexity index is 315. The first-order valence-corrected chi connectivity index (χ1v) is 6.10. The minimum Gasteiger partial charge on any atom is -0.318 e. The summed E-state index contributed by atoms with van der Waals surface area (Å²) >= 11 is 0. The molecule has 2 aliphatic rings. The van der Waals surface area contributed by atoms with Gasteiger partial charge in [0, 0.05) is 39.8 Å². The van der Waals surface area contributed by atoms with Crippen LogP contribution in [-0.4, -0.2) is 79.0 Å². The summed E-state index contributed by atoms with van der Waals surface area (Å²) in [5.41, 5.74) is 0. The number of hydrogen-bond acceptors (Lipinski definition) is 4. The number of nitrogens with zero attached hydrogens (tertiary/aromatic N) is 3. The van der Waals surface area contributed by atoms with Crippen LogP contribution in [0.1, 0.15) is 6.92 Å². The van der Waals surface area contributed by atoms with E-state index in [1.807, 2.05) is 6.92 Å². The number of urea groups is 1. The van der Waals surface area contributed by atoms with Crippen molar-refractivity contribution in [2.45, 2.75) is 13.0 Å². The van der Waals surface area contributed by atoms with E-state index < -0.39 is 0 Å². The topological polar surface area (TPSA) is 55.9 Å². The Labute approximate surface area is 102 Å². The third-order valence-corrected chi connectivity index (χ3v) is 3.35. The largest absolute Gasteiger partial charge is 0.327 e. The quantitative estimate of drug-likeness (QED) is 0.655. The molecule has 0 saturated carbocycles. The second-order valence-electron chi connectivity index (χ2n) is 4.80. The summed E-state index contributed by atoms with van der Waals surface area (Å²) in [4.78, 5) is 28.7. The van der Waals surface area contributed by atoms with E-state index in [1.165, 1.54) is 9.80 Å². The molecule has 2 heterocycles. The lowest BCUT2D eigenvalue weighted by Gasteiger charge is -2.32. The Morgan fingerprint density at radius 1 is 1.29 bits per heavy atom. The highest BCUT2D eigenvalue weighted by atomic mass is 16.2. The molecular formula is C11H20N4O2. The summed E-state index contributed by atoms with van der Waals surface area (Å²) in [6, 6.07) is -0.212. The first-order chi connectivity index (χ1) is 8.09. The van der Waals surface area contributed by atoms with Crippen LogP contribution in [0.5, 0.6) is 0 Å². The average Bonchev–Trinajstić information content (AvgIpc) is 2.54. The van der Waals surface area contributed by atoms with Gasteiger partial charge in [0.2, 0.25) is 0 Å². The van der Waals surface area contributed by atoms with Crippen LogP contribution in [-0.2, 0) is 4.79 Å². The maximum Gasteiger partial charge on any atom is 0.327 e. The van der Waals surface area contributed by atoms with Gasteiger partial charge >= 0.3 is 6.03 Å². The summed E-state index contributed by atoms with van der Waals surface area (Å²) < 4.78 is 0. The number of piperazine rings is 1. The van der Waals surface area contributed by atoms with Crippen molar-refractivity contribution in [1.82, 2.24) is 20.0 Å². The van der Waals surface area contributed by atoms with Crippen molar-refractivity contribution in [2.24, 2.45) is 0 Å². The van der Waals surface area contributed by atoms with Gasteiger partial charge in [-0.1, -0.05) is 0 Å². The van der Waals surface area contributed by atoms with Gasteiger partial charge in [0.1, 0.15) is 6.54 Å². The molecular weight excluding hydrogens is 220 g/mol. The van der Waals surface area contributed by atoms with Crippen molar-refractivity contribution >= 4 is 11.9 Å². The molecule has 17 heavy (non-hydrogen) atoms. The first kappa shape index (κ1) is 12.3. The molecule has 0 aliphatic carbocycles. The van der Waals surface area contributed by atoms with Crippen LogP contribution in [0, 0.1) is 0 Å². The second-order valence-corrected chi connectivity index (χ2v) is 4.80. The third-order valence-electron chi connectivity index (χ3n) is 3.35. The monoisotopic (exact) mass is 240 g/mol. The van der Waals surface area contributed by atoms with Crippen LogP contribution >= 0.6 is 0 Å². The molecule has 3 amide bonds. The van der Waals surface area contributed by atoms with Crippen LogP contribution in [0.3, 0.4) is 0 Å². The summed E-state index contributed by atoms with van der Waals surface area (Å²) in [5.74, 6) is -0.0832. The lowest BCUT2D eigenvalue weighted by Crippen LogP contribution is -2.50. The fourth-order valence-corrected chi connectivity index (χ4v) is 2.42. The van der Waals surface area contributed by atoms with E-state index in [-0.39, 0.29) is 24.5 Å². The Balaban J connectivity index is 1.92. The van der Waals surface area contributed by atoms with Crippen LogP contribution in [0.25, 0.3) is 0 Å².